The average molecular weight is 588 g/mol. The molecule has 2 heteroatoms. The average Bonchev–Trinajstić information content (AvgIpc) is 3.11. The van der Waals surface area contributed by atoms with E-state index in [1.165, 1.54) is 71.8 Å². The van der Waals surface area contributed by atoms with Gasteiger partial charge in [-0.25, -0.2) is 4.58 Å². The summed E-state index contributed by atoms with van der Waals surface area (Å²) in [5.41, 5.74) is 8.95. The highest BCUT2D eigenvalue weighted by atomic mass is 15.0. The van der Waals surface area contributed by atoms with Crippen LogP contribution in [-0.2, 0) is 6.42 Å². The van der Waals surface area contributed by atoms with Gasteiger partial charge in [0.05, 0.1) is 0 Å². The molecule has 1 aliphatic heterocycles. The lowest BCUT2D eigenvalue weighted by molar-refractivity contribution is -0.536. The number of benzene rings is 5. The molecule has 5 aromatic rings. The number of rotatable bonds is 6. The largest absolute Gasteiger partial charge is 0.235 e. The minimum atomic E-state index is -1.22. The third kappa shape index (κ3) is 5.61. The van der Waals surface area contributed by atoms with Crippen LogP contribution in [0.5, 0.6) is 0 Å². The zero-order chi connectivity index (χ0) is 30.7. The van der Waals surface area contributed by atoms with Crippen molar-refractivity contribution < 1.29 is 4.58 Å². The van der Waals surface area contributed by atoms with Crippen LogP contribution in [0.25, 0.3) is 0 Å². The van der Waals surface area contributed by atoms with Crippen LogP contribution in [0.3, 0.4) is 0 Å². The van der Waals surface area contributed by atoms with Crippen molar-refractivity contribution in [1.29, 1.82) is 0 Å². The molecule has 0 saturated heterocycles. The van der Waals surface area contributed by atoms with Gasteiger partial charge in [0.25, 0.3) is 0 Å². The van der Waals surface area contributed by atoms with Crippen LogP contribution in [0, 0.1) is 23.2 Å². The minimum absolute atomic E-state index is 0.622. The molecule has 4 aliphatic rings. The van der Waals surface area contributed by atoms with E-state index in [1.54, 1.807) is 0 Å². The third-order valence-electron chi connectivity index (χ3n) is 11.7. The van der Waals surface area contributed by atoms with E-state index < -0.39 is 6.15 Å². The highest BCUT2D eigenvalue weighted by Gasteiger charge is 2.55. The molecule has 3 atom stereocenters. The number of nitrogens with zero attached hydrogens (tertiary/aromatic N) is 1. The van der Waals surface area contributed by atoms with Gasteiger partial charge >= 0.3 is 0 Å². The molecular formula is C43H46BN. The molecule has 1 nitrogen and oxygen atoms in total. The normalized spacial score (nSPS) is 21.3. The predicted molar refractivity (Wildman–Crippen MR) is 193 cm³/mol. The van der Waals surface area contributed by atoms with Crippen molar-refractivity contribution in [2.75, 3.05) is 13.1 Å². The Balaban J connectivity index is 0.000000148. The summed E-state index contributed by atoms with van der Waals surface area (Å²) < 4.78 is 2.60. The van der Waals surface area contributed by atoms with Crippen molar-refractivity contribution in [1.82, 2.24) is 0 Å². The molecule has 226 valence electrons. The second-order valence-electron chi connectivity index (χ2n) is 14.3. The second-order valence-corrected chi connectivity index (χ2v) is 14.3. The van der Waals surface area contributed by atoms with E-state index in [0.717, 1.165) is 17.8 Å². The first kappa shape index (κ1) is 29.5. The lowest BCUT2D eigenvalue weighted by Crippen LogP contribution is -2.74. The molecule has 0 spiro atoms. The number of hydrogen-bond donors (Lipinski definition) is 0. The Hall–Kier alpha value is -4.17. The summed E-state index contributed by atoms with van der Waals surface area (Å²) in [6.45, 7) is 7.51. The van der Waals surface area contributed by atoms with Crippen LogP contribution in [0.15, 0.2) is 146 Å². The van der Waals surface area contributed by atoms with Crippen LogP contribution in [0.2, 0.25) is 0 Å². The maximum absolute atomic E-state index is 2.60. The summed E-state index contributed by atoms with van der Waals surface area (Å²) in [7, 11) is 0. The Morgan fingerprint density at radius 2 is 1.07 bits per heavy atom. The Bertz CT molecular complexity index is 1560. The summed E-state index contributed by atoms with van der Waals surface area (Å²) in [5, 5.41) is 0. The molecule has 1 heterocycles. The minimum Gasteiger partial charge on any atom is -0.235 e. The quantitative estimate of drug-likeness (QED) is 0.152. The molecule has 45 heavy (non-hydrogen) atoms. The van der Waals surface area contributed by atoms with Gasteiger partial charge in [0.2, 0.25) is 0 Å². The zero-order valence-electron chi connectivity index (χ0n) is 26.9. The molecule has 0 amide bonds. The predicted octanol–water partition coefficient (Wildman–Crippen LogP) is 6.81. The lowest BCUT2D eigenvalue weighted by Gasteiger charge is -2.59. The summed E-state index contributed by atoms with van der Waals surface area (Å²) in [6.07, 6.45) is 6.85. The fourth-order valence-electron chi connectivity index (χ4n) is 9.16. The van der Waals surface area contributed by atoms with Gasteiger partial charge < -0.3 is 0 Å². The molecular weight excluding hydrogens is 541 g/mol. The first-order valence-corrected chi connectivity index (χ1v) is 17.1. The first-order chi connectivity index (χ1) is 22.1. The van der Waals surface area contributed by atoms with Crippen LogP contribution in [0.1, 0.15) is 44.2 Å². The topological polar surface area (TPSA) is 3.01 Å². The van der Waals surface area contributed by atoms with Crippen molar-refractivity contribution in [3.63, 3.8) is 0 Å². The molecule has 3 saturated carbocycles. The molecule has 5 aromatic carbocycles. The molecule has 0 aromatic heterocycles. The van der Waals surface area contributed by atoms with Gasteiger partial charge in [0.15, 0.2) is 6.21 Å². The van der Waals surface area contributed by atoms with Gasteiger partial charge in [-0.05, 0) is 48.1 Å². The smallest absolute Gasteiger partial charge is 0.170 e. The molecule has 3 aliphatic carbocycles. The highest BCUT2D eigenvalue weighted by molar-refractivity contribution is 7.19. The van der Waals surface area contributed by atoms with Gasteiger partial charge in [-0.2, -0.15) is 21.9 Å². The Morgan fingerprint density at radius 1 is 0.600 bits per heavy atom. The van der Waals surface area contributed by atoms with Gasteiger partial charge in [-0.15, -0.1) is 0 Å². The van der Waals surface area contributed by atoms with E-state index in [-0.39, 0.29) is 0 Å². The fourth-order valence-corrected chi connectivity index (χ4v) is 9.16. The van der Waals surface area contributed by atoms with E-state index in [4.69, 9.17) is 0 Å². The van der Waals surface area contributed by atoms with E-state index in [2.05, 4.69) is 170 Å². The summed E-state index contributed by atoms with van der Waals surface area (Å²) in [4.78, 5) is 0. The first-order valence-electron chi connectivity index (χ1n) is 17.1. The van der Waals surface area contributed by atoms with Crippen molar-refractivity contribution >= 4 is 34.2 Å². The van der Waals surface area contributed by atoms with Crippen LogP contribution < -0.4 is 21.9 Å². The molecule has 0 unspecified atom stereocenters. The molecule has 0 radical (unpaired) electrons. The summed E-state index contributed by atoms with van der Waals surface area (Å²) in [6, 6.07) is 52.4. The maximum atomic E-state index is 2.60. The van der Waals surface area contributed by atoms with Crippen molar-refractivity contribution in [3.05, 3.63) is 157 Å². The Kier molecular flexibility index (Phi) is 8.32. The number of hydrogen-bond acceptors (Lipinski definition) is 0. The van der Waals surface area contributed by atoms with Crippen molar-refractivity contribution in [3.8, 4) is 0 Å². The van der Waals surface area contributed by atoms with Gasteiger partial charge in [0.1, 0.15) is 19.2 Å². The van der Waals surface area contributed by atoms with Crippen LogP contribution >= 0.6 is 0 Å². The molecule has 2 bridgehead atoms. The molecule has 0 N–H and O–H groups in total. The second kappa shape index (κ2) is 12.7. The van der Waals surface area contributed by atoms with Gasteiger partial charge in [-0.3, -0.25) is 0 Å². The van der Waals surface area contributed by atoms with E-state index in [9.17, 15) is 0 Å². The lowest BCUT2D eigenvalue weighted by atomic mass is 9.13. The fraction of sp³-hybridized carbons (Fsp3) is 0.279. The molecule has 3 fully saturated rings. The maximum Gasteiger partial charge on any atom is 0.170 e. The van der Waals surface area contributed by atoms with E-state index in [1.807, 2.05) is 0 Å². The Labute approximate surface area is 270 Å². The third-order valence-corrected chi connectivity index (χ3v) is 11.7. The van der Waals surface area contributed by atoms with E-state index >= 15 is 0 Å². The van der Waals surface area contributed by atoms with Gasteiger partial charge in [-0.1, -0.05) is 153 Å². The monoisotopic (exact) mass is 587 g/mol. The van der Waals surface area contributed by atoms with Crippen LogP contribution in [-0.4, -0.2) is 30.0 Å². The molecule has 9 rings (SSSR count). The highest BCUT2D eigenvalue weighted by Crippen LogP contribution is 2.61. The Morgan fingerprint density at radius 3 is 1.53 bits per heavy atom. The number of fused-ring (bicyclic) bond motifs is 3. The standard InChI is InChI=1S/C24H20B.C19H26N/c1-5-13-21(14-6-1)25(22-15-7-2-8-16-22,23-17-9-3-10-18-23)24-19-11-4-12-20-24;1-19(2)17-8-7-16(18(19)11-17)13-20-10-9-14-5-3-4-6-15(14)12-20/h1-20H;3-6,12,16-18H,7-11,13H2,1-2H3/q-1;+1/t;16-,17+,18+/m.1/s1. The van der Waals surface area contributed by atoms with E-state index in [0.29, 0.717) is 5.41 Å². The van der Waals surface area contributed by atoms with Crippen molar-refractivity contribution in [2.45, 2.75) is 39.5 Å². The summed E-state index contributed by atoms with van der Waals surface area (Å²) in [5.74, 6) is 2.93. The zero-order valence-corrected chi connectivity index (χ0v) is 26.9. The SMILES string of the molecule is CC1(C)[C@H]2CC[C@H](C[N+]3=Cc4ccccc4CC3)[C@@H]1C2.c1ccc([B-](c2ccccc2)(c2ccccc2)c2ccccc2)cc1. The summed E-state index contributed by atoms with van der Waals surface area (Å²) >= 11 is 0. The van der Waals surface area contributed by atoms with Crippen LogP contribution in [0.4, 0.5) is 0 Å². The van der Waals surface area contributed by atoms with Crippen molar-refractivity contribution in [2.24, 2.45) is 23.2 Å². The van der Waals surface area contributed by atoms with Gasteiger partial charge in [0, 0.05) is 17.9 Å².